The van der Waals surface area contributed by atoms with Crippen molar-refractivity contribution >= 4 is 0 Å². The van der Waals surface area contributed by atoms with E-state index in [4.69, 9.17) is 4.84 Å². The summed E-state index contributed by atoms with van der Waals surface area (Å²) >= 11 is 0. The second-order valence-corrected chi connectivity index (χ2v) is 6.16. The van der Waals surface area contributed by atoms with E-state index in [9.17, 15) is 5.11 Å². The molecule has 2 aliphatic rings. The highest BCUT2D eigenvalue weighted by molar-refractivity contribution is 4.68. The summed E-state index contributed by atoms with van der Waals surface area (Å²) < 4.78 is 1.07. The smallest absolute Gasteiger partial charge is 0.152 e. The molecule has 4 nitrogen and oxygen atoms in total. The quantitative estimate of drug-likeness (QED) is 0.318. The maximum Gasteiger partial charge on any atom is 0.152 e. The lowest BCUT2D eigenvalue weighted by atomic mass is 10.1. The molecular weight excluding hydrogens is 264 g/mol. The van der Waals surface area contributed by atoms with Crippen LogP contribution >= 0.6 is 0 Å². The zero-order valence-corrected chi connectivity index (χ0v) is 12.9. The van der Waals surface area contributed by atoms with Gasteiger partial charge in [-0.2, -0.15) is 5.48 Å². The molecule has 0 spiro atoms. The van der Waals surface area contributed by atoms with Crippen molar-refractivity contribution in [3.05, 3.63) is 0 Å². The van der Waals surface area contributed by atoms with Crippen LogP contribution in [-0.2, 0) is 4.84 Å². The van der Waals surface area contributed by atoms with E-state index in [0.717, 1.165) is 43.2 Å². The van der Waals surface area contributed by atoms with Gasteiger partial charge in [-0.25, -0.2) is 0 Å². The number of nitrogens with zero attached hydrogens (tertiary/aromatic N) is 1. The van der Waals surface area contributed by atoms with Crippen molar-refractivity contribution in [1.82, 2.24) is 5.48 Å². The monoisotopic (exact) mass is 292 g/mol. The number of aliphatic hydroxyl groups is 1. The number of nitrogens with one attached hydrogen (secondary N) is 1. The standard InChI is InChI=1S/C14H29N2O2.ClH/c1-2-8-16(10-14(17)11-16)9-7-15-18-12-13-5-3-4-6-13;/h13-15,17H,2-12H2,1H3;1H/q+1;/p-1. The van der Waals surface area contributed by atoms with Crippen molar-refractivity contribution in [2.75, 3.05) is 39.3 Å². The number of aliphatic hydroxyl groups excluding tert-OH is 1. The number of quaternary nitrogens is 1. The van der Waals surface area contributed by atoms with Crippen molar-refractivity contribution in [3.8, 4) is 0 Å². The van der Waals surface area contributed by atoms with Crippen LogP contribution in [0.25, 0.3) is 0 Å². The topological polar surface area (TPSA) is 41.5 Å². The van der Waals surface area contributed by atoms with Crippen LogP contribution in [0, 0.1) is 5.92 Å². The fourth-order valence-corrected chi connectivity index (χ4v) is 3.50. The van der Waals surface area contributed by atoms with Gasteiger partial charge in [0.15, 0.2) is 6.10 Å². The third kappa shape index (κ3) is 5.20. The van der Waals surface area contributed by atoms with E-state index >= 15 is 0 Å². The second-order valence-electron chi connectivity index (χ2n) is 6.16. The summed E-state index contributed by atoms with van der Waals surface area (Å²) in [5, 5.41) is 9.49. The normalized spacial score (nSPS) is 30.9. The number of halogens is 1. The van der Waals surface area contributed by atoms with E-state index in [1.54, 1.807) is 0 Å². The van der Waals surface area contributed by atoms with Crippen LogP contribution in [0.4, 0.5) is 0 Å². The molecule has 2 rings (SSSR count). The summed E-state index contributed by atoms with van der Waals surface area (Å²) in [5.41, 5.74) is 3.11. The lowest BCUT2D eigenvalue weighted by molar-refractivity contribution is -0.971. The van der Waals surface area contributed by atoms with Gasteiger partial charge in [0.1, 0.15) is 13.1 Å². The molecular formula is C14H29ClN2O2. The highest BCUT2D eigenvalue weighted by atomic mass is 35.5. The number of hydroxylamine groups is 1. The van der Waals surface area contributed by atoms with Crippen molar-refractivity contribution in [2.45, 2.75) is 45.1 Å². The van der Waals surface area contributed by atoms with Gasteiger partial charge >= 0.3 is 0 Å². The predicted octanol–water partition coefficient (Wildman–Crippen LogP) is -1.70. The molecule has 1 saturated carbocycles. The van der Waals surface area contributed by atoms with Crippen LogP contribution in [-0.4, -0.2) is 55.0 Å². The number of hydrogen-bond donors (Lipinski definition) is 2. The van der Waals surface area contributed by atoms with Gasteiger partial charge < -0.3 is 26.8 Å². The minimum atomic E-state index is -0.0732. The third-order valence-corrected chi connectivity index (χ3v) is 4.48. The minimum absolute atomic E-state index is 0. The van der Waals surface area contributed by atoms with E-state index in [0.29, 0.717) is 0 Å². The Morgan fingerprint density at radius 3 is 2.47 bits per heavy atom. The van der Waals surface area contributed by atoms with E-state index < -0.39 is 0 Å². The van der Waals surface area contributed by atoms with E-state index in [1.807, 2.05) is 0 Å². The van der Waals surface area contributed by atoms with Gasteiger partial charge in [0.25, 0.3) is 0 Å². The lowest BCUT2D eigenvalue weighted by Crippen LogP contribution is -3.00. The van der Waals surface area contributed by atoms with Crippen LogP contribution in [0.1, 0.15) is 39.0 Å². The molecule has 0 amide bonds. The summed E-state index contributed by atoms with van der Waals surface area (Å²) in [5.74, 6) is 0.780. The van der Waals surface area contributed by atoms with E-state index in [1.165, 1.54) is 38.6 Å². The van der Waals surface area contributed by atoms with Crippen LogP contribution in [0.15, 0.2) is 0 Å². The Labute approximate surface area is 123 Å². The fraction of sp³-hybridized carbons (Fsp3) is 1.00. The van der Waals surface area contributed by atoms with Gasteiger partial charge in [-0.15, -0.1) is 0 Å². The van der Waals surface area contributed by atoms with E-state index in [-0.39, 0.29) is 18.5 Å². The van der Waals surface area contributed by atoms with Crippen LogP contribution in [0.3, 0.4) is 0 Å². The Morgan fingerprint density at radius 2 is 1.89 bits per heavy atom. The summed E-state index contributed by atoms with van der Waals surface area (Å²) in [7, 11) is 0. The first-order valence-corrected chi connectivity index (χ1v) is 7.62. The van der Waals surface area contributed by atoms with Crippen LogP contribution < -0.4 is 17.9 Å². The molecule has 0 aromatic heterocycles. The molecule has 0 bridgehead atoms. The number of rotatable bonds is 8. The first-order chi connectivity index (χ1) is 8.74. The van der Waals surface area contributed by atoms with Crippen molar-refractivity contribution in [3.63, 3.8) is 0 Å². The second kappa shape index (κ2) is 8.42. The zero-order valence-electron chi connectivity index (χ0n) is 12.1. The Balaban J connectivity index is 0.00000180. The average Bonchev–Trinajstić information content (AvgIpc) is 2.80. The summed E-state index contributed by atoms with van der Waals surface area (Å²) in [6.45, 7) is 8.11. The molecule has 0 atom stereocenters. The van der Waals surface area contributed by atoms with Gasteiger partial charge in [0, 0.05) is 0 Å². The largest absolute Gasteiger partial charge is 1.00 e. The fourth-order valence-electron chi connectivity index (χ4n) is 3.50. The van der Waals surface area contributed by atoms with Crippen molar-refractivity contribution in [1.29, 1.82) is 0 Å². The molecule has 1 aliphatic heterocycles. The molecule has 2 N–H and O–H groups in total. The van der Waals surface area contributed by atoms with Crippen LogP contribution in [0.2, 0.25) is 0 Å². The first-order valence-electron chi connectivity index (χ1n) is 7.62. The summed E-state index contributed by atoms with van der Waals surface area (Å²) in [6, 6.07) is 0. The Kier molecular flexibility index (Phi) is 7.62. The van der Waals surface area contributed by atoms with Gasteiger partial charge in [-0.05, 0) is 25.2 Å². The Bertz CT molecular complexity index is 236. The molecule has 2 fully saturated rings. The highest BCUT2D eigenvalue weighted by Crippen LogP contribution is 2.24. The predicted molar refractivity (Wildman–Crippen MR) is 71.9 cm³/mol. The molecule has 114 valence electrons. The molecule has 1 heterocycles. The van der Waals surface area contributed by atoms with Gasteiger partial charge in [-0.1, -0.05) is 19.8 Å². The average molecular weight is 293 g/mol. The van der Waals surface area contributed by atoms with Crippen molar-refractivity contribution in [2.24, 2.45) is 5.92 Å². The van der Waals surface area contributed by atoms with Gasteiger partial charge in [0.2, 0.25) is 0 Å². The molecule has 0 aromatic rings. The molecule has 0 aromatic carbocycles. The Hall–Kier alpha value is 0.130. The van der Waals surface area contributed by atoms with Gasteiger partial charge in [-0.3, -0.25) is 0 Å². The third-order valence-electron chi connectivity index (χ3n) is 4.48. The molecule has 0 radical (unpaired) electrons. The minimum Gasteiger partial charge on any atom is -1.00 e. The van der Waals surface area contributed by atoms with E-state index in [2.05, 4.69) is 12.4 Å². The summed E-state index contributed by atoms with van der Waals surface area (Å²) in [4.78, 5) is 5.56. The van der Waals surface area contributed by atoms with Gasteiger partial charge in [0.05, 0.1) is 26.2 Å². The maximum atomic E-state index is 9.49. The highest BCUT2D eigenvalue weighted by Gasteiger charge is 2.41. The molecule has 1 aliphatic carbocycles. The SMILES string of the molecule is CCC[N+]1(CCNOCC2CCCC2)CC(O)C1.[Cl-]. The molecule has 19 heavy (non-hydrogen) atoms. The summed E-state index contributed by atoms with van der Waals surface area (Å²) in [6.07, 6.45) is 6.55. The molecule has 1 saturated heterocycles. The van der Waals surface area contributed by atoms with Crippen LogP contribution in [0.5, 0.6) is 0 Å². The lowest BCUT2D eigenvalue weighted by Gasteiger charge is -2.48. The zero-order chi connectivity index (χ0) is 12.8. The first kappa shape index (κ1) is 17.2. The maximum absolute atomic E-state index is 9.49. The molecule has 0 unspecified atom stereocenters. The van der Waals surface area contributed by atoms with Crippen molar-refractivity contribution < 1.29 is 26.8 Å². The number of hydrogen-bond acceptors (Lipinski definition) is 3. The molecule has 5 heteroatoms. The number of likely N-dealkylation sites (tertiary alicyclic amines) is 1. The Morgan fingerprint density at radius 1 is 1.21 bits per heavy atom.